The lowest BCUT2D eigenvalue weighted by molar-refractivity contribution is -0.115. The van der Waals surface area contributed by atoms with Gasteiger partial charge < -0.3 is 15.4 Å². The minimum Gasteiger partial charge on any atom is -0.481 e. The Labute approximate surface area is 224 Å². The van der Waals surface area contributed by atoms with Gasteiger partial charge in [0.25, 0.3) is 0 Å². The number of ether oxygens (including phenoxy) is 1. The normalized spacial score (nSPS) is 12.4. The quantitative estimate of drug-likeness (QED) is 0.250. The third-order valence-corrected chi connectivity index (χ3v) is 6.63. The lowest BCUT2D eigenvalue weighted by Gasteiger charge is -2.18. The minimum absolute atomic E-state index is 0.184. The first-order chi connectivity index (χ1) is 17.8. The third kappa shape index (κ3) is 6.69. The summed E-state index contributed by atoms with van der Waals surface area (Å²) in [6.45, 7) is 5.10. The highest BCUT2D eigenvalue weighted by Gasteiger charge is 2.25. The van der Waals surface area contributed by atoms with Gasteiger partial charge in [0.05, 0.1) is 10.3 Å². The van der Waals surface area contributed by atoms with Gasteiger partial charge in [-0.2, -0.15) is 0 Å². The van der Waals surface area contributed by atoms with E-state index >= 15 is 0 Å². The molecule has 10 heteroatoms. The van der Waals surface area contributed by atoms with Gasteiger partial charge in [-0.3, -0.25) is 14.2 Å². The van der Waals surface area contributed by atoms with Gasteiger partial charge in [-0.25, -0.2) is 0 Å². The zero-order valence-electron chi connectivity index (χ0n) is 20.5. The Kier molecular flexibility index (Phi) is 8.47. The highest BCUT2D eigenvalue weighted by Crippen LogP contribution is 2.32. The van der Waals surface area contributed by atoms with Crippen LogP contribution in [0.4, 0.5) is 11.4 Å². The number of aromatic nitrogens is 3. The Morgan fingerprint density at radius 3 is 2.30 bits per heavy atom. The smallest absolute Gasteiger partial charge is 0.237 e. The van der Waals surface area contributed by atoms with E-state index in [0.717, 1.165) is 5.69 Å². The molecule has 2 N–H and O–H groups in total. The number of amides is 2. The number of halogens is 1. The average Bonchev–Trinajstić information content (AvgIpc) is 3.29. The molecule has 0 radical (unpaired) electrons. The zero-order chi connectivity index (χ0) is 26.4. The topological polar surface area (TPSA) is 98.1 Å². The number of nitrogens with one attached hydrogen (secondary N) is 2. The SMILES string of the molecule is CC(=O)Nc1cccc(NC(=O)C(C)Sc2nnc(C(C)Oc3ccccc3Cl)n2-c2ccccc2)c1. The fourth-order valence-electron chi connectivity index (χ4n) is 3.56. The molecular weight excluding hydrogens is 510 g/mol. The van der Waals surface area contributed by atoms with Crippen molar-refractivity contribution in [2.24, 2.45) is 0 Å². The number of carbonyl (C=O) groups excluding carboxylic acids is 2. The molecule has 0 saturated carbocycles. The number of benzene rings is 3. The minimum atomic E-state index is -0.497. The van der Waals surface area contributed by atoms with Gasteiger partial charge in [-0.05, 0) is 56.3 Å². The van der Waals surface area contributed by atoms with Gasteiger partial charge in [0.15, 0.2) is 17.1 Å². The summed E-state index contributed by atoms with van der Waals surface area (Å²) in [6, 6.07) is 23.9. The molecule has 0 fully saturated rings. The number of hydrogen-bond acceptors (Lipinski definition) is 6. The molecule has 4 rings (SSSR count). The van der Waals surface area contributed by atoms with Crippen molar-refractivity contribution in [2.75, 3.05) is 10.6 Å². The van der Waals surface area contributed by atoms with Crippen LogP contribution in [0.15, 0.2) is 84.0 Å². The Morgan fingerprint density at radius 2 is 1.59 bits per heavy atom. The van der Waals surface area contributed by atoms with Crippen LogP contribution in [-0.2, 0) is 9.59 Å². The lowest BCUT2D eigenvalue weighted by atomic mass is 10.2. The molecule has 0 spiro atoms. The van der Waals surface area contributed by atoms with Crippen LogP contribution >= 0.6 is 23.4 Å². The summed E-state index contributed by atoms with van der Waals surface area (Å²) in [7, 11) is 0. The first-order valence-corrected chi connectivity index (χ1v) is 12.8. The van der Waals surface area contributed by atoms with E-state index in [4.69, 9.17) is 16.3 Å². The van der Waals surface area contributed by atoms with E-state index in [1.165, 1.54) is 18.7 Å². The van der Waals surface area contributed by atoms with Gasteiger partial charge >= 0.3 is 0 Å². The van der Waals surface area contributed by atoms with Gasteiger partial charge in [0.1, 0.15) is 5.75 Å². The Hall–Kier alpha value is -3.82. The highest BCUT2D eigenvalue weighted by molar-refractivity contribution is 8.00. The van der Waals surface area contributed by atoms with Crippen molar-refractivity contribution in [3.8, 4) is 11.4 Å². The standard InChI is InChI=1S/C27H26ClN5O3S/c1-17(36-24-15-8-7-14-23(24)28)25-31-32-27(33(25)22-12-5-4-6-13-22)37-18(2)26(35)30-21-11-9-10-20(16-21)29-19(3)34/h4-18H,1-3H3,(H,29,34)(H,30,35). The van der Waals surface area contributed by atoms with Crippen molar-refractivity contribution in [2.45, 2.75) is 37.3 Å². The Bertz CT molecular complexity index is 1400. The summed E-state index contributed by atoms with van der Waals surface area (Å²) < 4.78 is 7.99. The third-order valence-electron chi connectivity index (χ3n) is 5.28. The van der Waals surface area contributed by atoms with Gasteiger partial charge in [-0.1, -0.05) is 59.8 Å². The number of hydrogen-bond donors (Lipinski definition) is 2. The van der Waals surface area contributed by atoms with Crippen LogP contribution in [-0.4, -0.2) is 31.8 Å². The summed E-state index contributed by atoms with van der Waals surface area (Å²) in [5.74, 6) is 0.720. The molecule has 2 amide bonds. The van der Waals surface area contributed by atoms with Gasteiger partial charge in [0, 0.05) is 24.0 Å². The predicted octanol–water partition coefficient (Wildman–Crippen LogP) is 6.14. The van der Waals surface area contributed by atoms with E-state index in [2.05, 4.69) is 20.8 Å². The summed E-state index contributed by atoms with van der Waals surface area (Å²) in [4.78, 5) is 24.3. The van der Waals surface area contributed by atoms with Crippen molar-refractivity contribution in [3.63, 3.8) is 0 Å². The van der Waals surface area contributed by atoms with Crippen LogP contribution < -0.4 is 15.4 Å². The van der Waals surface area contributed by atoms with Crippen molar-refractivity contribution in [1.29, 1.82) is 0 Å². The number of thioether (sulfide) groups is 1. The fourth-order valence-corrected chi connectivity index (χ4v) is 4.61. The Morgan fingerprint density at radius 1 is 0.919 bits per heavy atom. The number of nitrogens with zero attached hydrogens (tertiary/aromatic N) is 3. The maximum absolute atomic E-state index is 13.0. The van der Waals surface area contributed by atoms with E-state index in [-0.39, 0.29) is 11.8 Å². The van der Waals surface area contributed by atoms with Gasteiger partial charge in [0.2, 0.25) is 11.8 Å². The largest absolute Gasteiger partial charge is 0.481 e. The molecule has 190 valence electrons. The van der Waals surface area contributed by atoms with Crippen LogP contribution in [0.2, 0.25) is 5.02 Å². The van der Waals surface area contributed by atoms with Crippen LogP contribution in [0.25, 0.3) is 5.69 Å². The van der Waals surface area contributed by atoms with Crippen molar-refractivity contribution in [1.82, 2.24) is 14.8 Å². The maximum Gasteiger partial charge on any atom is 0.237 e. The molecule has 3 aromatic carbocycles. The molecule has 2 unspecified atom stereocenters. The predicted molar refractivity (Wildman–Crippen MR) is 147 cm³/mol. The van der Waals surface area contributed by atoms with E-state index < -0.39 is 11.4 Å². The molecular formula is C27H26ClN5O3S. The molecule has 2 atom stereocenters. The second kappa shape index (κ2) is 11.9. The fraction of sp³-hybridized carbons (Fsp3) is 0.185. The van der Waals surface area contributed by atoms with Crippen LogP contribution in [0, 0.1) is 0 Å². The monoisotopic (exact) mass is 535 g/mol. The second-order valence-corrected chi connectivity index (χ2v) is 9.93. The molecule has 0 bridgehead atoms. The number of carbonyl (C=O) groups is 2. The van der Waals surface area contributed by atoms with Crippen LogP contribution in [0.5, 0.6) is 5.75 Å². The molecule has 1 aromatic heterocycles. The molecule has 0 aliphatic carbocycles. The van der Waals surface area contributed by atoms with Crippen molar-refractivity contribution >= 4 is 46.6 Å². The molecule has 37 heavy (non-hydrogen) atoms. The number of para-hydroxylation sites is 2. The molecule has 4 aromatic rings. The average molecular weight is 536 g/mol. The summed E-state index contributed by atoms with van der Waals surface area (Å²) >= 11 is 7.57. The molecule has 0 saturated heterocycles. The van der Waals surface area contributed by atoms with E-state index in [0.29, 0.717) is 33.1 Å². The van der Waals surface area contributed by atoms with Gasteiger partial charge in [-0.15, -0.1) is 10.2 Å². The molecule has 0 aliphatic rings. The van der Waals surface area contributed by atoms with Crippen molar-refractivity contribution in [3.05, 3.63) is 89.7 Å². The summed E-state index contributed by atoms with van der Waals surface area (Å²) in [5, 5.41) is 15.0. The summed E-state index contributed by atoms with van der Waals surface area (Å²) in [5.41, 5.74) is 2.03. The molecule has 0 aliphatic heterocycles. The maximum atomic E-state index is 13.0. The Balaban J connectivity index is 1.55. The highest BCUT2D eigenvalue weighted by atomic mass is 35.5. The second-order valence-electron chi connectivity index (χ2n) is 8.21. The summed E-state index contributed by atoms with van der Waals surface area (Å²) in [6.07, 6.45) is -0.470. The molecule has 8 nitrogen and oxygen atoms in total. The number of rotatable bonds is 9. The van der Waals surface area contributed by atoms with E-state index in [9.17, 15) is 9.59 Å². The first kappa shape index (κ1) is 26.2. The van der Waals surface area contributed by atoms with Crippen molar-refractivity contribution < 1.29 is 14.3 Å². The molecule has 1 heterocycles. The lowest BCUT2D eigenvalue weighted by Crippen LogP contribution is -2.23. The number of anilines is 2. The van der Waals surface area contributed by atoms with E-state index in [1.807, 2.05) is 54.0 Å². The van der Waals surface area contributed by atoms with E-state index in [1.54, 1.807) is 43.3 Å². The zero-order valence-corrected chi connectivity index (χ0v) is 22.1. The van der Waals surface area contributed by atoms with Crippen LogP contribution in [0.3, 0.4) is 0 Å². The first-order valence-electron chi connectivity index (χ1n) is 11.6. The van der Waals surface area contributed by atoms with Crippen LogP contribution in [0.1, 0.15) is 32.7 Å².